The first-order valence-electron chi connectivity index (χ1n) is 5.20. The van der Waals surface area contributed by atoms with Gasteiger partial charge in [0.05, 0.1) is 20.4 Å². The Morgan fingerprint density at radius 2 is 2.05 bits per heavy atom. The van der Waals surface area contributed by atoms with Crippen LogP contribution in [0.15, 0.2) is 12.3 Å². The fourth-order valence-corrected chi connectivity index (χ4v) is 1.89. The molecule has 0 aromatic carbocycles. The summed E-state index contributed by atoms with van der Waals surface area (Å²) in [7, 11) is 2.29. The van der Waals surface area contributed by atoms with E-state index >= 15 is 0 Å². The molecule has 2 aromatic rings. The number of rotatable bonds is 2. The smallest absolute Gasteiger partial charge is 0.420 e. The van der Waals surface area contributed by atoms with E-state index in [2.05, 4.69) is 9.72 Å². The Morgan fingerprint density at radius 1 is 1.40 bits per heavy atom. The highest BCUT2D eigenvalue weighted by Crippen LogP contribution is 2.36. The molecule has 20 heavy (non-hydrogen) atoms. The maximum atomic E-state index is 13.0. The van der Waals surface area contributed by atoms with Crippen LogP contribution in [0.5, 0.6) is 5.75 Å². The molecular weight excluding hydrogens is 301 g/mol. The molecule has 9 heteroatoms. The number of methoxy groups -OCH3 is 2. The molecule has 2 rings (SSSR count). The number of carbonyl (C=O) groups excluding carboxylic acids is 1. The van der Waals surface area contributed by atoms with Crippen LogP contribution < -0.4 is 4.74 Å². The summed E-state index contributed by atoms with van der Waals surface area (Å²) in [6.45, 7) is 0. The van der Waals surface area contributed by atoms with Gasteiger partial charge in [0.25, 0.3) is 0 Å². The summed E-state index contributed by atoms with van der Waals surface area (Å²) in [4.78, 5) is 15.0. The molecule has 0 aliphatic rings. The SMILES string of the molecule is COC(=O)c1nc2c(C(F)(F)F)cc(OC)cn2c1Cl. The molecule has 2 aromatic heterocycles. The minimum Gasteiger partial charge on any atom is -0.495 e. The Kier molecular flexibility index (Phi) is 3.51. The molecular formula is C11H8ClF3N2O3. The second kappa shape index (κ2) is 4.86. The third-order valence-electron chi connectivity index (χ3n) is 2.56. The molecule has 0 saturated carbocycles. The third-order valence-corrected chi connectivity index (χ3v) is 2.92. The van der Waals surface area contributed by atoms with E-state index in [4.69, 9.17) is 16.3 Å². The molecule has 5 nitrogen and oxygen atoms in total. The lowest BCUT2D eigenvalue weighted by molar-refractivity contribution is -0.136. The number of alkyl halides is 3. The van der Waals surface area contributed by atoms with Crippen molar-refractivity contribution in [1.29, 1.82) is 0 Å². The van der Waals surface area contributed by atoms with Crippen LogP contribution >= 0.6 is 11.6 Å². The summed E-state index contributed by atoms with van der Waals surface area (Å²) >= 11 is 5.86. The highest BCUT2D eigenvalue weighted by molar-refractivity contribution is 6.32. The van der Waals surface area contributed by atoms with Crippen molar-refractivity contribution >= 4 is 23.2 Å². The van der Waals surface area contributed by atoms with Crippen molar-refractivity contribution in [2.24, 2.45) is 0 Å². The van der Waals surface area contributed by atoms with Gasteiger partial charge in [-0.15, -0.1) is 0 Å². The van der Waals surface area contributed by atoms with Gasteiger partial charge in [-0.1, -0.05) is 11.6 Å². The molecule has 0 saturated heterocycles. The van der Waals surface area contributed by atoms with Crippen molar-refractivity contribution in [3.63, 3.8) is 0 Å². The fourth-order valence-electron chi connectivity index (χ4n) is 1.64. The number of esters is 1. The molecule has 0 unspecified atom stereocenters. The first-order valence-corrected chi connectivity index (χ1v) is 5.58. The lowest BCUT2D eigenvalue weighted by Crippen LogP contribution is -2.08. The van der Waals surface area contributed by atoms with Crippen molar-refractivity contribution < 1.29 is 27.4 Å². The monoisotopic (exact) mass is 308 g/mol. The van der Waals surface area contributed by atoms with Crippen LogP contribution in [0.2, 0.25) is 5.15 Å². The van der Waals surface area contributed by atoms with Gasteiger partial charge in [0.1, 0.15) is 16.5 Å². The lowest BCUT2D eigenvalue weighted by Gasteiger charge is -2.10. The summed E-state index contributed by atoms with van der Waals surface area (Å²) < 4.78 is 49.1. The predicted octanol–water partition coefficient (Wildman–Crippen LogP) is 2.80. The Bertz CT molecular complexity index is 682. The average molecular weight is 309 g/mol. The van der Waals surface area contributed by atoms with Crippen LogP contribution in [0.3, 0.4) is 0 Å². The number of hydrogen-bond donors (Lipinski definition) is 0. The fraction of sp³-hybridized carbons (Fsp3) is 0.273. The number of halogens is 4. The number of carbonyl (C=O) groups is 1. The van der Waals surface area contributed by atoms with Crippen molar-refractivity contribution in [2.75, 3.05) is 14.2 Å². The van der Waals surface area contributed by atoms with Gasteiger partial charge >= 0.3 is 12.1 Å². The normalized spacial score (nSPS) is 11.7. The van der Waals surface area contributed by atoms with Crippen LogP contribution in [-0.2, 0) is 10.9 Å². The second-order valence-corrected chi connectivity index (χ2v) is 4.09. The molecule has 108 valence electrons. The summed E-state index contributed by atoms with van der Waals surface area (Å²) in [6, 6.07) is 0.778. The largest absolute Gasteiger partial charge is 0.495 e. The van der Waals surface area contributed by atoms with Crippen LogP contribution in [0, 0.1) is 0 Å². The van der Waals surface area contributed by atoms with E-state index in [0.29, 0.717) is 0 Å². The zero-order valence-electron chi connectivity index (χ0n) is 10.3. The van der Waals surface area contributed by atoms with Gasteiger partial charge in [-0.05, 0) is 6.07 Å². The quantitative estimate of drug-likeness (QED) is 0.801. The predicted molar refractivity (Wildman–Crippen MR) is 63.1 cm³/mol. The van der Waals surface area contributed by atoms with Gasteiger partial charge in [0, 0.05) is 0 Å². The molecule has 0 aliphatic carbocycles. The van der Waals surface area contributed by atoms with Gasteiger partial charge < -0.3 is 9.47 Å². The van der Waals surface area contributed by atoms with Crippen molar-refractivity contribution in [3.8, 4) is 5.75 Å². The third kappa shape index (κ3) is 2.26. The molecule has 0 bridgehead atoms. The Labute approximate surface area is 115 Å². The summed E-state index contributed by atoms with van der Waals surface area (Å²) in [5, 5.41) is -0.281. The number of ether oxygens (including phenoxy) is 2. The Hall–Kier alpha value is -1.96. The minimum atomic E-state index is -4.67. The zero-order chi connectivity index (χ0) is 15.1. The molecule has 2 heterocycles. The highest BCUT2D eigenvalue weighted by Gasteiger charge is 2.36. The number of imidazole rings is 1. The minimum absolute atomic E-state index is 0.0689. The Balaban J connectivity index is 2.83. The summed E-state index contributed by atoms with van der Waals surface area (Å²) in [5.41, 5.74) is -1.95. The highest BCUT2D eigenvalue weighted by atomic mass is 35.5. The number of pyridine rings is 1. The first kappa shape index (κ1) is 14.4. The van der Waals surface area contributed by atoms with Gasteiger partial charge in [0.15, 0.2) is 11.3 Å². The van der Waals surface area contributed by atoms with Crippen LogP contribution in [0.4, 0.5) is 13.2 Å². The standard InChI is InChI=1S/C11H8ClF3N2O3/c1-19-5-3-6(11(13,14)15)9-16-7(10(18)20-2)8(12)17(9)4-5/h3-4H,1-2H3. The second-order valence-electron chi connectivity index (χ2n) is 3.73. The van der Waals surface area contributed by atoms with Crippen molar-refractivity contribution in [2.45, 2.75) is 6.18 Å². The number of aromatic nitrogens is 2. The number of nitrogens with zero attached hydrogens (tertiary/aromatic N) is 2. The average Bonchev–Trinajstić information content (AvgIpc) is 2.73. The van der Waals surface area contributed by atoms with Gasteiger partial charge in [-0.3, -0.25) is 4.40 Å². The molecule has 0 N–H and O–H groups in total. The zero-order valence-corrected chi connectivity index (χ0v) is 11.0. The number of fused-ring (bicyclic) bond motifs is 1. The molecule has 0 radical (unpaired) electrons. The van der Waals surface area contributed by atoms with Crippen molar-refractivity contribution in [1.82, 2.24) is 9.38 Å². The van der Waals surface area contributed by atoms with Gasteiger partial charge in [-0.2, -0.15) is 13.2 Å². The first-order chi connectivity index (χ1) is 9.29. The van der Waals surface area contributed by atoms with E-state index in [9.17, 15) is 18.0 Å². The molecule has 0 amide bonds. The maximum Gasteiger partial charge on any atom is 0.420 e. The van der Waals surface area contributed by atoms with Crippen LogP contribution in [-0.4, -0.2) is 29.6 Å². The van der Waals surface area contributed by atoms with Gasteiger partial charge in [0.2, 0.25) is 0 Å². The van der Waals surface area contributed by atoms with E-state index in [1.165, 1.54) is 13.3 Å². The van der Waals surface area contributed by atoms with E-state index in [1.54, 1.807) is 0 Å². The summed E-state index contributed by atoms with van der Waals surface area (Å²) in [6.07, 6.45) is -3.47. The van der Waals surface area contributed by atoms with Crippen LogP contribution in [0.1, 0.15) is 16.1 Å². The lowest BCUT2D eigenvalue weighted by atomic mass is 10.2. The summed E-state index contributed by atoms with van der Waals surface area (Å²) in [5.74, 6) is -0.994. The van der Waals surface area contributed by atoms with Crippen molar-refractivity contribution in [3.05, 3.63) is 28.7 Å². The maximum absolute atomic E-state index is 13.0. The number of hydrogen-bond acceptors (Lipinski definition) is 4. The van der Waals surface area contributed by atoms with E-state index in [1.807, 2.05) is 0 Å². The molecule has 0 atom stereocenters. The van der Waals surface area contributed by atoms with Crippen LogP contribution in [0.25, 0.3) is 5.65 Å². The molecule has 0 aliphatic heterocycles. The topological polar surface area (TPSA) is 52.8 Å². The van der Waals surface area contributed by atoms with Gasteiger partial charge in [-0.25, -0.2) is 9.78 Å². The van der Waals surface area contributed by atoms with E-state index in [0.717, 1.165) is 17.6 Å². The van der Waals surface area contributed by atoms with E-state index in [-0.39, 0.29) is 10.9 Å². The Morgan fingerprint density at radius 3 is 2.55 bits per heavy atom. The molecule has 0 fully saturated rings. The molecule has 0 spiro atoms. The van der Waals surface area contributed by atoms with E-state index < -0.39 is 29.1 Å².